The predicted molar refractivity (Wildman–Crippen MR) is 274 cm³/mol. The van der Waals surface area contributed by atoms with Crippen LogP contribution in [0.1, 0.15) is 29.2 Å². The summed E-state index contributed by atoms with van der Waals surface area (Å²) in [5, 5.41) is 2.33. The van der Waals surface area contributed by atoms with Crippen LogP contribution in [-0.4, -0.2) is 11.3 Å². The van der Waals surface area contributed by atoms with E-state index >= 15 is 0 Å². The van der Waals surface area contributed by atoms with Crippen LogP contribution in [0.25, 0.3) is 33.1 Å². The average molecular weight is 835 g/mol. The lowest BCUT2D eigenvalue weighted by molar-refractivity contribution is 0.761. The van der Waals surface area contributed by atoms with Gasteiger partial charge in [0.15, 0.2) is 0 Å². The van der Waals surface area contributed by atoms with Crippen LogP contribution >= 0.6 is 0 Å². The molecule has 1 heterocycles. The lowest BCUT2D eigenvalue weighted by atomic mass is 9.66. The summed E-state index contributed by atoms with van der Waals surface area (Å²) in [5.74, 6) is 0. The highest BCUT2D eigenvalue weighted by Crippen LogP contribution is 2.60. The molecule has 10 aromatic rings. The predicted octanol–water partition coefficient (Wildman–Crippen LogP) is 16.1. The van der Waals surface area contributed by atoms with Gasteiger partial charge in [-0.25, -0.2) is 0 Å². The maximum Gasteiger partial charge on any atom is 0.0788 e. The van der Waals surface area contributed by atoms with Gasteiger partial charge in [-0.1, -0.05) is 152 Å². The van der Waals surface area contributed by atoms with Gasteiger partial charge in [-0.15, -0.1) is 0 Å². The highest BCUT2D eigenvalue weighted by atomic mass is 15.2. The highest BCUT2D eigenvalue weighted by molar-refractivity contribution is 6.21. The first-order chi connectivity index (χ1) is 32.2. The van der Waals surface area contributed by atoms with E-state index in [2.05, 4.69) is 276 Å². The first-order valence-electron chi connectivity index (χ1n) is 22.1. The largest absolute Gasteiger partial charge is 0.310 e. The van der Waals surface area contributed by atoms with Crippen LogP contribution in [0.2, 0.25) is 0 Å². The van der Waals surface area contributed by atoms with Crippen LogP contribution in [-0.2, 0) is 5.41 Å². The minimum atomic E-state index is -0.718. The summed E-state index contributed by atoms with van der Waals surface area (Å²) >= 11 is 0. The van der Waals surface area contributed by atoms with Crippen molar-refractivity contribution in [2.75, 3.05) is 9.80 Å². The minimum Gasteiger partial charge on any atom is -0.310 e. The molecule has 0 N–H and O–H groups in total. The first kappa shape index (κ1) is 39.4. The standard InChI is InChI=1S/C61H46N4/c1-44-54(40-41-62-2)61(45-24-10-3-11-25-45,46-26-12-4-13-27-46)55-43-57(64(49-32-18-7-19-33-49)50-34-20-8-21-35-50)60-59(58(44)55)53-42-52(38-39-56(53)65(60)51-36-22-9-23-37-51)63(47-28-14-5-15-29-47)48-30-16-6-17-31-48/h3-43H,2H2,1H3/b41-40-. The van der Waals surface area contributed by atoms with E-state index in [1.165, 1.54) is 33.2 Å². The van der Waals surface area contributed by atoms with Gasteiger partial charge in [-0.3, -0.25) is 4.99 Å². The van der Waals surface area contributed by atoms with Crippen LogP contribution < -0.4 is 9.80 Å². The van der Waals surface area contributed by atoms with Gasteiger partial charge < -0.3 is 14.4 Å². The lowest BCUT2D eigenvalue weighted by Gasteiger charge is -2.36. The van der Waals surface area contributed by atoms with Gasteiger partial charge in [0.25, 0.3) is 0 Å². The number of benzene rings is 9. The topological polar surface area (TPSA) is 23.8 Å². The summed E-state index contributed by atoms with van der Waals surface area (Å²) in [6.07, 6.45) is 4.04. The van der Waals surface area contributed by atoms with Crippen molar-refractivity contribution < 1.29 is 0 Å². The second-order valence-corrected chi connectivity index (χ2v) is 16.4. The van der Waals surface area contributed by atoms with Gasteiger partial charge in [-0.05, 0) is 138 Å². The molecule has 1 aromatic heterocycles. The molecule has 0 bridgehead atoms. The molecule has 0 atom stereocenters. The molecule has 0 amide bonds. The fraction of sp³-hybridized carbons (Fsp3) is 0.0328. The Balaban J connectivity index is 1.38. The van der Waals surface area contributed by atoms with E-state index in [1.54, 1.807) is 0 Å². The fourth-order valence-corrected chi connectivity index (χ4v) is 10.3. The van der Waals surface area contributed by atoms with Crippen molar-refractivity contribution in [3.8, 4) is 5.69 Å². The molecule has 0 fully saturated rings. The van der Waals surface area contributed by atoms with E-state index in [4.69, 9.17) is 0 Å². The van der Waals surface area contributed by atoms with Crippen molar-refractivity contribution >= 4 is 68.2 Å². The van der Waals surface area contributed by atoms with Crippen LogP contribution in [0.5, 0.6) is 0 Å². The van der Waals surface area contributed by atoms with E-state index in [1.807, 2.05) is 6.20 Å². The number of hydrogen-bond donors (Lipinski definition) is 0. The van der Waals surface area contributed by atoms with Gasteiger partial charge >= 0.3 is 0 Å². The Hall–Kier alpha value is -8.47. The number of rotatable bonds is 11. The summed E-state index contributed by atoms with van der Waals surface area (Å²) in [6.45, 7) is 6.23. The zero-order valence-electron chi connectivity index (χ0n) is 36.2. The molecule has 0 unspecified atom stereocenters. The second kappa shape index (κ2) is 16.7. The third-order valence-corrected chi connectivity index (χ3v) is 12.9. The fourth-order valence-electron chi connectivity index (χ4n) is 10.3. The van der Waals surface area contributed by atoms with E-state index in [0.717, 1.165) is 61.8 Å². The number of aliphatic imine (C=N–C) groups is 1. The Bertz CT molecular complexity index is 3240. The van der Waals surface area contributed by atoms with Crippen LogP contribution in [0.15, 0.2) is 259 Å². The molecule has 4 heteroatoms. The zero-order valence-corrected chi connectivity index (χ0v) is 36.2. The molecular weight excluding hydrogens is 789 g/mol. The maximum absolute atomic E-state index is 4.34. The molecule has 1 aliphatic rings. The van der Waals surface area contributed by atoms with Gasteiger partial charge in [0.1, 0.15) is 0 Å². The van der Waals surface area contributed by atoms with Gasteiger partial charge in [0.2, 0.25) is 0 Å². The molecule has 0 saturated heterocycles. The van der Waals surface area contributed by atoms with Crippen LogP contribution in [0.3, 0.4) is 0 Å². The van der Waals surface area contributed by atoms with Crippen molar-refractivity contribution in [1.82, 2.24) is 4.57 Å². The minimum absolute atomic E-state index is 0.718. The van der Waals surface area contributed by atoms with Crippen molar-refractivity contribution in [2.45, 2.75) is 12.3 Å². The van der Waals surface area contributed by atoms with E-state index in [0.29, 0.717) is 0 Å². The lowest BCUT2D eigenvalue weighted by Crippen LogP contribution is -2.29. The Morgan fingerprint density at radius 3 is 1.42 bits per heavy atom. The number of allylic oxidation sites excluding steroid dienone is 3. The molecule has 9 aromatic carbocycles. The molecule has 0 saturated carbocycles. The van der Waals surface area contributed by atoms with Crippen molar-refractivity contribution in [3.63, 3.8) is 0 Å². The molecule has 310 valence electrons. The molecule has 0 radical (unpaired) electrons. The smallest absolute Gasteiger partial charge is 0.0788 e. The summed E-state index contributed by atoms with van der Waals surface area (Å²) in [4.78, 5) is 9.14. The molecule has 11 rings (SSSR count). The van der Waals surface area contributed by atoms with Crippen LogP contribution in [0, 0.1) is 0 Å². The monoisotopic (exact) mass is 834 g/mol. The first-order valence-corrected chi connectivity index (χ1v) is 22.1. The van der Waals surface area contributed by atoms with E-state index in [9.17, 15) is 0 Å². The number of para-hydroxylation sites is 5. The number of nitrogens with zero attached hydrogens (tertiary/aromatic N) is 4. The number of fused-ring (bicyclic) bond motifs is 5. The second-order valence-electron chi connectivity index (χ2n) is 16.4. The molecule has 0 spiro atoms. The van der Waals surface area contributed by atoms with Gasteiger partial charge in [-0.2, -0.15) is 0 Å². The highest BCUT2D eigenvalue weighted by Gasteiger charge is 2.48. The SMILES string of the molecule is C=N/C=C\C1=C(C)c2c(cc(N(c3ccccc3)c3ccccc3)c3c2c2cc(N(c4ccccc4)c4ccccc4)ccc2n3-c2ccccc2)C1(c1ccccc1)c1ccccc1. The maximum atomic E-state index is 4.34. The third-order valence-electron chi connectivity index (χ3n) is 12.9. The Kier molecular flexibility index (Phi) is 10.1. The Morgan fingerprint density at radius 2 is 0.938 bits per heavy atom. The Labute approximate surface area is 380 Å². The molecule has 1 aliphatic carbocycles. The molecule has 65 heavy (non-hydrogen) atoms. The quantitative estimate of drug-likeness (QED) is 0.121. The normalized spacial score (nSPS) is 13.1. The summed E-state index contributed by atoms with van der Waals surface area (Å²) in [6, 6.07) is 85.2. The van der Waals surface area contributed by atoms with Crippen molar-refractivity contribution in [1.29, 1.82) is 0 Å². The number of hydrogen-bond acceptors (Lipinski definition) is 3. The zero-order chi connectivity index (χ0) is 43.7. The van der Waals surface area contributed by atoms with E-state index in [-0.39, 0.29) is 0 Å². The summed E-state index contributed by atoms with van der Waals surface area (Å²) < 4.78 is 2.48. The van der Waals surface area contributed by atoms with Crippen LogP contribution in [0.4, 0.5) is 34.1 Å². The number of anilines is 6. The third kappa shape index (κ3) is 6.49. The number of aromatic nitrogens is 1. The molecule has 0 aliphatic heterocycles. The Morgan fingerprint density at radius 1 is 0.492 bits per heavy atom. The molecule has 4 nitrogen and oxygen atoms in total. The van der Waals surface area contributed by atoms with Gasteiger partial charge in [0.05, 0.1) is 22.1 Å². The van der Waals surface area contributed by atoms with Crippen molar-refractivity contribution in [2.24, 2.45) is 4.99 Å². The molecular formula is C61H46N4. The van der Waals surface area contributed by atoms with Gasteiger partial charge in [0, 0.05) is 51.1 Å². The summed E-state index contributed by atoms with van der Waals surface area (Å²) in [7, 11) is 0. The summed E-state index contributed by atoms with van der Waals surface area (Å²) in [5.41, 5.74) is 16.1. The van der Waals surface area contributed by atoms with E-state index < -0.39 is 5.41 Å². The average Bonchev–Trinajstić information content (AvgIpc) is 3.84. The van der Waals surface area contributed by atoms with Crippen molar-refractivity contribution in [3.05, 3.63) is 277 Å².